The number of fused-ring (bicyclic) bond motifs is 2. The molecule has 3 aromatic rings. The van der Waals surface area contributed by atoms with Gasteiger partial charge in [0.1, 0.15) is 5.82 Å². The van der Waals surface area contributed by atoms with E-state index in [1.54, 1.807) is 0 Å². The SMILES string of the molecule is Cc1nc2ccc(Cl)cc2n1CC1C2CCCCN2CCN1c1ncccn1. The summed E-state index contributed by atoms with van der Waals surface area (Å²) in [6, 6.07) is 8.65. The fraction of sp³-hybridized carbons (Fsp3) is 0.476. The summed E-state index contributed by atoms with van der Waals surface area (Å²) in [5.74, 6) is 1.86. The van der Waals surface area contributed by atoms with Crippen molar-refractivity contribution in [3.8, 4) is 0 Å². The van der Waals surface area contributed by atoms with E-state index in [4.69, 9.17) is 16.6 Å². The van der Waals surface area contributed by atoms with Gasteiger partial charge in [0.15, 0.2) is 0 Å². The van der Waals surface area contributed by atoms with Crippen LogP contribution in [0.3, 0.4) is 0 Å². The molecule has 0 amide bonds. The van der Waals surface area contributed by atoms with Gasteiger partial charge in [-0.3, -0.25) is 4.90 Å². The van der Waals surface area contributed by atoms with E-state index in [0.717, 1.165) is 47.5 Å². The smallest absolute Gasteiger partial charge is 0.225 e. The second kappa shape index (κ2) is 7.33. The molecule has 4 heterocycles. The average molecular weight is 397 g/mol. The van der Waals surface area contributed by atoms with Gasteiger partial charge in [-0.2, -0.15) is 0 Å². The highest BCUT2D eigenvalue weighted by molar-refractivity contribution is 6.31. The normalized spacial score (nSPS) is 23.1. The largest absolute Gasteiger partial charge is 0.333 e. The Morgan fingerprint density at radius 2 is 1.96 bits per heavy atom. The Morgan fingerprint density at radius 3 is 2.82 bits per heavy atom. The number of benzene rings is 1. The zero-order chi connectivity index (χ0) is 19.1. The van der Waals surface area contributed by atoms with Gasteiger partial charge in [-0.15, -0.1) is 0 Å². The molecule has 0 radical (unpaired) electrons. The lowest BCUT2D eigenvalue weighted by molar-refractivity contribution is 0.0932. The maximum absolute atomic E-state index is 6.30. The van der Waals surface area contributed by atoms with E-state index < -0.39 is 0 Å². The number of aromatic nitrogens is 4. The van der Waals surface area contributed by atoms with Gasteiger partial charge in [-0.25, -0.2) is 15.0 Å². The van der Waals surface area contributed by atoms with Crippen LogP contribution in [0.15, 0.2) is 36.7 Å². The van der Waals surface area contributed by atoms with Crippen LogP contribution in [0, 0.1) is 6.92 Å². The molecule has 146 valence electrons. The summed E-state index contributed by atoms with van der Waals surface area (Å²) in [4.78, 5) is 19.0. The highest BCUT2D eigenvalue weighted by atomic mass is 35.5. The molecule has 5 rings (SSSR count). The Morgan fingerprint density at radius 1 is 1.11 bits per heavy atom. The number of nitrogens with zero attached hydrogens (tertiary/aromatic N) is 6. The van der Waals surface area contributed by atoms with Crippen molar-refractivity contribution in [1.29, 1.82) is 0 Å². The minimum absolute atomic E-state index is 0.312. The fourth-order valence-electron chi connectivity index (χ4n) is 4.88. The van der Waals surface area contributed by atoms with Crippen LogP contribution in [0.25, 0.3) is 11.0 Å². The summed E-state index contributed by atoms with van der Waals surface area (Å²) in [6.45, 7) is 6.17. The molecule has 2 aliphatic heterocycles. The topological polar surface area (TPSA) is 50.1 Å². The number of piperazine rings is 1. The summed E-state index contributed by atoms with van der Waals surface area (Å²) in [6.07, 6.45) is 7.49. The summed E-state index contributed by atoms with van der Waals surface area (Å²) >= 11 is 6.30. The lowest BCUT2D eigenvalue weighted by Gasteiger charge is -2.50. The van der Waals surface area contributed by atoms with Gasteiger partial charge in [0.25, 0.3) is 0 Å². The van der Waals surface area contributed by atoms with Crippen LogP contribution >= 0.6 is 11.6 Å². The van der Waals surface area contributed by atoms with E-state index in [-0.39, 0.29) is 0 Å². The molecule has 0 spiro atoms. The van der Waals surface area contributed by atoms with E-state index in [0.29, 0.717) is 12.1 Å². The molecule has 2 saturated heterocycles. The van der Waals surface area contributed by atoms with E-state index in [1.165, 1.54) is 25.8 Å². The number of hydrogen-bond donors (Lipinski definition) is 0. The number of hydrogen-bond acceptors (Lipinski definition) is 5. The van der Waals surface area contributed by atoms with Crippen molar-refractivity contribution in [1.82, 2.24) is 24.4 Å². The van der Waals surface area contributed by atoms with Gasteiger partial charge < -0.3 is 9.47 Å². The second-order valence-electron chi connectivity index (χ2n) is 7.81. The van der Waals surface area contributed by atoms with Gasteiger partial charge in [0.05, 0.1) is 17.1 Å². The molecular formula is C21H25ClN6. The average Bonchev–Trinajstić information content (AvgIpc) is 3.03. The van der Waals surface area contributed by atoms with Gasteiger partial charge in [0, 0.05) is 43.1 Å². The molecule has 2 atom stereocenters. The molecule has 1 aromatic carbocycles. The third-order valence-electron chi connectivity index (χ3n) is 6.22. The molecule has 2 aromatic heterocycles. The highest BCUT2D eigenvalue weighted by Gasteiger charge is 2.39. The Kier molecular flexibility index (Phi) is 4.69. The lowest BCUT2D eigenvalue weighted by atomic mass is 9.92. The first-order valence-electron chi connectivity index (χ1n) is 10.1. The molecule has 0 N–H and O–H groups in total. The summed E-state index contributed by atoms with van der Waals surface area (Å²) in [5.41, 5.74) is 2.10. The third-order valence-corrected chi connectivity index (χ3v) is 6.45. The van der Waals surface area contributed by atoms with Crippen molar-refractivity contribution in [2.75, 3.05) is 24.5 Å². The lowest BCUT2D eigenvalue weighted by Crippen LogP contribution is -2.62. The number of halogens is 1. The molecule has 2 fully saturated rings. The quantitative estimate of drug-likeness (QED) is 0.677. The van der Waals surface area contributed by atoms with Gasteiger partial charge in [0.2, 0.25) is 5.95 Å². The van der Waals surface area contributed by atoms with Crippen molar-refractivity contribution in [2.45, 2.75) is 44.8 Å². The maximum atomic E-state index is 6.30. The molecular weight excluding hydrogens is 372 g/mol. The van der Waals surface area contributed by atoms with E-state index in [2.05, 4.69) is 31.3 Å². The van der Waals surface area contributed by atoms with Crippen LogP contribution in [-0.4, -0.2) is 56.1 Å². The monoisotopic (exact) mass is 396 g/mol. The van der Waals surface area contributed by atoms with Crippen LogP contribution in [0.1, 0.15) is 25.1 Å². The third kappa shape index (κ3) is 3.14. The summed E-state index contributed by atoms with van der Waals surface area (Å²) in [7, 11) is 0. The molecule has 0 aliphatic carbocycles. The van der Waals surface area contributed by atoms with Crippen molar-refractivity contribution < 1.29 is 0 Å². The molecule has 6 nitrogen and oxygen atoms in total. The van der Waals surface area contributed by atoms with Gasteiger partial charge >= 0.3 is 0 Å². The first-order valence-corrected chi connectivity index (χ1v) is 10.5. The Balaban J connectivity index is 1.55. The summed E-state index contributed by atoms with van der Waals surface area (Å²) < 4.78 is 2.32. The number of imidazole rings is 1. The Bertz CT molecular complexity index is 972. The minimum Gasteiger partial charge on any atom is -0.333 e. The van der Waals surface area contributed by atoms with E-state index in [9.17, 15) is 0 Å². The molecule has 0 bridgehead atoms. The zero-order valence-electron chi connectivity index (χ0n) is 16.1. The van der Waals surface area contributed by atoms with Crippen LogP contribution < -0.4 is 4.90 Å². The molecule has 0 saturated carbocycles. The second-order valence-corrected chi connectivity index (χ2v) is 8.25. The molecule has 7 heteroatoms. The number of piperidine rings is 1. The standard InChI is InChI=1S/C21H25ClN6/c1-15-25-17-7-6-16(22)13-19(17)28(15)14-20-18-5-2-3-10-26(18)11-12-27(20)21-23-8-4-9-24-21/h4,6-9,13,18,20H,2-3,5,10-12,14H2,1H3. The van der Waals surface area contributed by atoms with Gasteiger partial charge in [-0.05, 0) is 50.6 Å². The van der Waals surface area contributed by atoms with Crippen LogP contribution in [0.5, 0.6) is 0 Å². The number of anilines is 1. The predicted molar refractivity (Wildman–Crippen MR) is 112 cm³/mol. The maximum Gasteiger partial charge on any atom is 0.225 e. The van der Waals surface area contributed by atoms with Crippen molar-refractivity contribution in [3.05, 3.63) is 47.5 Å². The summed E-state index contributed by atoms with van der Waals surface area (Å²) in [5, 5.41) is 0.750. The van der Waals surface area contributed by atoms with Crippen molar-refractivity contribution in [3.63, 3.8) is 0 Å². The number of rotatable bonds is 3. The number of aryl methyl sites for hydroxylation is 1. The van der Waals surface area contributed by atoms with E-state index >= 15 is 0 Å². The van der Waals surface area contributed by atoms with Crippen LogP contribution in [0.2, 0.25) is 5.02 Å². The van der Waals surface area contributed by atoms with Crippen molar-refractivity contribution >= 4 is 28.6 Å². The molecule has 2 unspecified atom stereocenters. The van der Waals surface area contributed by atoms with Crippen LogP contribution in [-0.2, 0) is 6.54 Å². The highest BCUT2D eigenvalue weighted by Crippen LogP contribution is 2.31. The van der Waals surface area contributed by atoms with Gasteiger partial charge in [-0.1, -0.05) is 18.0 Å². The first kappa shape index (κ1) is 17.9. The molecule has 2 aliphatic rings. The zero-order valence-corrected chi connectivity index (χ0v) is 16.9. The first-order chi connectivity index (χ1) is 13.7. The van der Waals surface area contributed by atoms with Crippen LogP contribution in [0.4, 0.5) is 5.95 Å². The van der Waals surface area contributed by atoms with E-state index in [1.807, 2.05) is 36.7 Å². The van der Waals surface area contributed by atoms with Crippen molar-refractivity contribution in [2.24, 2.45) is 0 Å². The Labute approximate surface area is 170 Å². The predicted octanol–water partition coefficient (Wildman–Crippen LogP) is 3.53. The Hall–Kier alpha value is -2.18. The molecule has 28 heavy (non-hydrogen) atoms. The minimum atomic E-state index is 0.312. The fourth-order valence-corrected chi connectivity index (χ4v) is 5.05.